The minimum absolute atomic E-state index is 0.157. The van der Waals surface area contributed by atoms with Crippen molar-refractivity contribution >= 4 is 11.3 Å². The number of halogens is 2. The molecule has 3 N–H and O–H groups in total. The van der Waals surface area contributed by atoms with Gasteiger partial charge in [0.25, 0.3) is 0 Å². The Morgan fingerprint density at radius 1 is 1.21 bits per heavy atom. The SMILES string of the molecule is NNC(CCCc1cccs1)c1ccc(F)c(F)c1. The molecule has 0 saturated heterocycles. The molecule has 0 aliphatic rings. The normalized spacial score (nSPS) is 12.6. The van der Waals surface area contributed by atoms with E-state index in [2.05, 4.69) is 11.5 Å². The lowest BCUT2D eigenvalue weighted by molar-refractivity contribution is 0.480. The Morgan fingerprint density at radius 3 is 2.68 bits per heavy atom. The van der Waals surface area contributed by atoms with Gasteiger partial charge in [0.2, 0.25) is 0 Å². The molecule has 1 heterocycles. The van der Waals surface area contributed by atoms with Gasteiger partial charge in [-0.25, -0.2) is 8.78 Å². The van der Waals surface area contributed by atoms with Crippen LogP contribution in [0.1, 0.15) is 29.3 Å². The molecule has 5 heteroatoms. The summed E-state index contributed by atoms with van der Waals surface area (Å²) in [5.41, 5.74) is 3.33. The van der Waals surface area contributed by atoms with E-state index in [1.165, 1.54) is 10.9 Å². The van der Waals surface area contributed by atoms with E-state index < -0.39 is 11.6 Å². The Kier molecular flexibility index (Phi) is 5.01. The Morgan fingerprint density at radius 2 is 2.05 bits per heavy atom. The van der Waals surface area contributed by atoms with Gasteiger partial charge < -0.3 is 0 Å². The lowest BCUT2D eigenvalue weighted by Gasteiger charge is -2.16. The van der Waals surface area contributed by atoms with Crippen LogP contribution in [0.25, 0.3) is 0 Å². The number of benzene rings is 1. The predicted octanol–water partition coefficient (Wildman–Crippen LogP) is 3.55. The molecule has 0 aliphatic heterocycles. The highest BCUT2D eigenvalue weighted by Gasteiger charge is 2.12. The number of aryl methyl sites for hydroxylation is 1. The molecule has 0 amide bonds. The number of rotatable bonds is 6. The molecule has 19 heavy (non-hydrogen) atoms. The van der Waals surface area contributed by atoms with Crippen molar-refractivity contribution in [1.29, 1.82) is 0 Å². The average Bonchev–Trinajstić information content (AvgIpc) is 2.91. The molecule has 102 valence electrons. The smallest absolute Gasteiger partial charge is 0.159 e. The third-order valence-corrected chi connectivity index (χ3v) is 3.98. The van der Waals surface area contributed by atoms with E-state index in [1.807, 2.05) is 11.4 Å². The maximum absolute atomic E-state index is 13.2. The van der Waals surface area contributed by atoms with Crippen LogP contribution in [0.2, 0.25) is 0 Å². The second kappa shape index (κ2) is 6.75. The lowest BCUT2D eigenvalue weighted by Crippen LogP contribution is -2.28. The summed E-state index contributed by atoms with van der Waals surface area (Å²) in [6.07, 6.45) is 2.69. The highest BCUT2D eigenvalue weighted by Crippen LogP contribution is 2.22. The largest absolute Gasteiger partial charge is 0.271 e. The van der Waals surface area contributed by atoms with E-state index in [0.29, 0.717) is 5.56 Å². The van der Waals surface area contributed by atoms with Crippen LogP contribution in [0.5, 0.6) is 0 Å². The van der Waals surface area contributed by atoms with Gasteiger partial charge in [-0.2, -0.15) is 0 Å². The summed E-state index contributed by atoms with van der Waals surface area (Å²) in [6.45, 7) is 0. The topological polar surface area (TPSA) is 38.0 Å². The van der Waals surface area contributed by atoms with Crippen LogP contribution in [0.15, 0.2) is 35.7 Å². The first-order valence-corrected chi connectivity index (χ1v) is 7.02. The van der Waals surface area contributed by atoms with Crippen molar-refractivity contribution in [3.63, 3.8) is 0 Å². The van der Waals surface area contributed by atoms with Crippen LogP contribution in [-0.4, -0.2) is 0 Å². The van der Waals surface area contributed by atoms with Crippen LogP contribution in [0.3, 0.4) is 0 Å². The fraction of sp³-hybridized carbons (Fsp3) is 0.286. The summed E-state index contributed by atoms with van der Waals surface area (Å²) in [7, 11) is 0. The molecule has 1 unspecified atom stereocenters. The quantitative estimate of drug-likeness (QED) is 0.628. The molecule has 2 nitrogen and oxygen atoms in total. The fourth-order valence-corrected chi connectivity index (χ4v) is 2.76. The first-order chi connectivity index (χ1) is 9.20. The zero-order chi connectivity index (χ0) is 13.7. The summed E-state index contributed by atoms with van der Waals surface area (Å²) >= 11 is 1.72. The zero-order valence-electron chi connectivity index (χ0n) is 10.4. The number of nitrogens with two attached hydrogens (primary N) is 1. The van der Waals surface area contributed by atoms with E-state index in [1.54, 1.807) is 17.4 Å². The Bertz CT molecular complexity index is 514. The fourth-order valence-electron chi connectivity index (χ4n) is 2.01. The number of nitrogens with one attached hydrogen (secondary N) is 1. The van der Waals surface area contributed by atoms with Crippen molar-refractivity contribution in [2.45, 2.75) is 25.3 Å². The predicted molar refractivity (Wildman–Crippen MR) is 73.7 cm³/mol. The molecule has 0 radical (unpaired) electrons. The van der Waals surface area contributed by atoms with Gasteiger partial charge in [0.15, 0.2) is 11.6 Å². The van der Waals surface area contributed by atoms with Gasteiger partial charge in [-0.05, 0) is 48.4 Å². The maximum atomic E-state index is 13.2. The van der Waals surface area contributed by atoms with Gasteiger partial charge in [-0.1, -0.05) is 12.1 Å². The van der Waals surface area contributed by atoms with Crippen molar-refractivity contribution in [3.8, 4) is 0 Å². The minimum Gasteiger partial charge on any atom is -0.271 e. The van der Waals surface area contributed by atoms with Crippen molar-refractivity contribution in [2.75, 3.05) is 0 Å². The number of hydrogen-bond donors (Lipinski definition) is 2. The molecule has 0 spiro atoms. The van der Waals surface area contributed by atoms with Crippen molar-refractivity contribution < 1.29 is 8.78 Å². The third-order valence-electron chi connectivity index (χ3n) is 3.04. The molecular formula is C14H16F2N2S. The lowest BCUT2D eigenvalue weighted by atomic mass is 10.0. The maximum Gasteiger partial charge on any atom is 0.159 e. The van der Waals surface area contributed by atoms with Crippen LogP contribution < -0.4 is 11.3 Å². The van der Waals surface area contributed by atoms with E-state index >= 15 is 0 Å². The van der Waals surface area contributed by atoms with Crippen LogP contribution in [0, 0.1) is 11.6 Å². The average molecular weight is 282 g/mol. The van der Waals surface area contributed by atoms with Gasteiger partial charge in [-0.3, -0.25) is 11.3 Å². The van der Waals surface area contributed by atoms with Gasteiger partial charge in [0.1, 0.15) is 0 Å². The van der Waals surface area contributed by atoms with Crippen LogP contribution in [-0.2, 0) is 6.42 Å². The molecular weight excluding hydrogens is 266 g/mol. The van der Waals surface area contributed by atoms with Crippen molar-refractivity contribution in [3.05, 3.63) is 57.8 Å². The van der Waals surface area contributed by atoms with Gasteiger partial charge in [0, 0.05) is 10.9 Å². The highest BCUT2D eigenvalue weighted by atomic mass is 32.1. The molecule has 0 aliphatic carbocycles. The second-order valence-electron chi connectivity index (χ2n) is 4.36. The molecule has 1 aromatic heterocycles. The van der Waals surface area contributed by atoms with Gasteiger partial charge in [-0.15, -0.1) is 11.3 Å². The Hall–Kier alpha value is -1.30. The number of hydrogen-bond acceptors (Lipinski definition) is 3. The molecule has 0 bridgehead atoms. The van der Waals surface area contributed by atoms with E-state index in [4.69, 9.17) is 5.84 Å². The summed E-state index contributed by atoms with van der Waals surface area (Å²) in [5, 5.41) is 2.04. The summed E-state index contributed by atoms with van der Waals surface area (Å²) in [6, 6.07) is 7.85. The van der Waals surface area contributed by atoms with E-state index in [-0.39, 0.29) is 6.04 Å². The second-order valence-corrected chi connectivity index (χ2v) is 5.40. The summed E-state index contributed by atoms with van der Waals surface area (Å²) in [4.78, 5) is 1.32. The van der Waals surface area contributed by atoms with Crippen molar-refractivity contribution in [2.24, 2.45) is 5.84 Å². The Labute approximate surface area is 115 Å². The molecule has 0 saturated carbocycles. The molecule has 0 fully saturated rings. The van der Waals surface area contributed by atoms with Crippen molar-refractivity contribution in [1.82, 2.24) is 5.43 Å². The van der Waals surface area contributed by atoms with E-state index in [9.17, 15) is 8.78 Å². The van der Waals surface area contributed by atoms with E-state index in [0.717, 1.165) is 25.3 Å². The monoisotopic (exact) mass is 282 g/mol. The molecule has 2 aromatic rings. The Balaban J connectivity index is 1.93. The van der Waals surface area contributed by atoms with Gasteiger partial charge >= 0.3 is 0 Å². The molecule has 1 atom stereocenters. The minimum atomic E-state index is -0.837. The van der Waals surface area contributed by atoms with Crippen LogP contribution >= 0.6 is 11.3 Å². The van der Waals surface area contributed by atoms with Gasteiger partial charge in [0.05, 0.1) is 0 Å². The molecule has 2 rings (SSSR count). The molecule has 1 aromatic carbocycles. The first kappa shape index (κ1) is 14.1. The highest BCUT2D eigenvalue weighted by molar-refractivity contribution is 7.09. The standard InChI is InChI=1S/C14H16F2N2S/c15-12-7-6-10(9-13(12)16)14(18-17)5-1-3-11-4-2-8-19-11/h2,4,6-9,14,18H,1,3,5,17H2. The summed E-state index contributed by atoms with van der Waals surface area (Å²) < 4.78 is 26.1. The van der Waals surface area contributed by atoms with Crippen LogP contribution in [0.4, 0.5) is 8.78 Å². The zero-order valence-corrected chi connectivity index (χ0v) is 11.2. The third kappa shape index (κ3) is 3.83. The summed E-state index contributed by atoms with van der Waals surface area (Å²) in [5.74, 6) is 3.82. The number of hydrazine groups is 1. The number of thiophene rings is 1. The first-order valence-electron chi connectivity index (χ1n) is 6.14.